The summed E-state index contributed by atoms with van der Waals surface area (Å²) in [5.41, 5.74) is 1.45. The fraction of sp³-hybridized carbons (Fsp3) is 0.333. The van der Waals surface area contributed by atoms with E-state index in [2.05, 4.69) is 9.88 Å². The van der Waals surface area contributed by atoms with E-state index in [4.69, 9.17) is 13.9 Å². The number of rotatable bonds is 6. The fourth-order valence-electron chi connectivity index (χ4n) is 3.33. The zero-order valence-corrected chi connectivity index (χ0v) is 17.3. The van der Waals surface area contributed by atoms with E-state index < -0.39 is 0 Å². The van der Waals surface area contributed by atoms with Gasteiger partial charge in [-0.2, -0.15) is 0 Å². The molecule has 1 amide bonds. The normalized spacial score (nSPS) is 14.8. The molecule has 0 aliphatic carbocycles. The predicted octanol–water partition coefficient (Wildman–Crippen LogP) is 3.38. The lowest BCUT2D eigenvalue weighted by Crippen LogP contribution is -2.48. The van der Waals surface area contributed by atoms with E-state index in [0.717, 1.165) is 36.1 Å². The Morgan fingerprint density at radius 3 is 2.48 bits per heavy atom. The minimum absolute atomic E-state index is 0.00351. The topological polar surface area (TPSA) is 68.0 Å². The summed E-state index contributed by atoms with van der Waals surface area (Å²) < 4.78 is 16.0. The van der Waals surface area contributed by atoms with Crippen LogP contribution < -0.4 is 9.47 Å². The maximum atomic E-state index is 12.9. The number of amides is 1. The zero-order chi connectivity index (χ0) is 20.2. The van der Waals surface area contributed by atoms with E-state index in [1.54, 1.807) is 50.0 Å². The van der Waals surface area contributed by atoms with E-state index >= 15 is 0 Å². The molecular formula is C21H23N3O4S. The molecule has 0 N–H and O–H groups in total. The Morgan fingerprint density at radius 1 is 1.14 bits per heavy atom. The minimum atomic E-state index is -0.00351. The molecule has 2 aromatic heterocycles. The Balaban J connectivity index is 1.35. The van der Waals surface area contributed by atoms with Crippen LogP contribution in [0, 0.1) is 0 Å². The summed E-state index contributed by atoms with van der Waals surface area (Å²) in [6, 6.07) is 9.05. The maximum absolute atomic E-state index is 12.9. The summed E-state index contributed by atoms with van der Waals surface area (Å²) in [6.07, 6.45) is 1.66. The smallest absolute Gasteiger partial charge is 0.254 e. The highest BCUT2D eigenvalue weighted by atomic mass is 32.1. The Hall–Kier alpha value is -2.84. The molecule has 4 rings (SSSR count). The molecular weight excluding hydrogens is 390 g/mol. The van der Waals surface area contributed by atoms with Crippen molar-refractivity contribution >= 4 is 17.2 Å². The van der Waals surface area contributed by atoms with E-state index in [1.165, 1.54) is 0 Å². The van der Waals surface area contributed by atoms with Crippen molar-refractivity contribution in [2.24, 2.45) is 0 Å². The molecule has 1 aromatic carbocycles. The van der Waals surface area contributed by atoms with Gasteiger partial charge in [-0.05, 0) is 24.3 Å². The predicted molar refractivity (Wildman–Crippen MR) is 111 cm³/mol. The number of nitrogens with zero attached hydrogens (tertiary/aromatic N) is 3. The Labute approximate surface area is 173 Å². The number of ether oxygens (including phenoxy) is 2. The Kier molecular flexibility index (Phi) is 5.82. The molecule has 0 bridgehead atoms. The molecule has 0 saturated carbocycles. The number of piperazine rings is 1. The van der Waals surface area contributed by atoms with Crippen LogP contribution in [0.3, 0.4) is 0 Å². The van der Waals surface area contributed by atoms with Crippen molar-refractivity contribution in [3.63, 3.8) is 0 Å². The van der Waals surface area contributed by atoms with E-state index in [0.29, 0.717) is 30.2 Å². The van der Waals surface area contributed by atoms with Crippen LogP contribution in [-0.2, 0) is 6.54 Å². The number of thiazole rings is 1. The van der Waals surface area contributed by atoms with Gasteiger partial charge in [0.1, 0.15) is 22.2 Å². The number of hydrogen-bond acceptors (Lipinski definition) is 7. The van der Waals surface area contributed by atoms with E-state index in [1.807, 2.05) is 22.4 Å². The molecule has 0 spiro atoms. The van der Waals surface area contributed by atoms with E-state index in [9.17, 15) is 4.79 Å². The van der Waals surface area contributed by atoms with Crippen molar-refractivity contribution in [1.82, 2.24) is 14.8 Å². The lowest BCUT2D eigenvalue weighted by atomic mass is 10.1. The van der Waals surface area contributed by atoms with Gasteiger partial charge in [0.2, 0.25) is 0 Å². The van der Waals surface area contributed by atoms with Gasteiger partial charge in [-0.1, -0.05) is 0 Å². The molecule has 1 aliphatic rings. The average Bonchev–Trinajstić information content (AvgIpc) is 3.45. The number of furan rings is 1. The minimum Gasteiger partial charge on any atom is -0.497 e. The van der Waals surface area contributed by atoms with Crippen molar-refractivity contribution in [1.29, 1.82) is 0 Å². The third-order valence-electron chi connectivity index (χ3n) is 4.94. The first-order chi connectivity index (χ1) is 14.2. The first kappa shape index (κ1) is 19.5. The monoisotopic (exact) mass is 413 g/mol. The lowest BCUT2D eigenvalue weighted by Gasteiger charge is -2.34. The molecule has 0 atom stereocenters. The summed E-state index contributed by atoms with van der Waals surface area (Å²) in [4.78, 5) is 21.8. The highest BCUT2D eigenvalue weighted by Gasteiger charge is 2.23. The third-order valence-corrected chi connectivity index (χ3v) is 5.78. The van der Waals surface area contributed by atoms with Crippen molar-refractivity contribution < 1.29 is 18.7 Å². The molecule has 0 radical (unpaired) electrons. The zero-order valence-electron chi connectivity index (χ0n) is 16.5. The van der Waals surface area contributed by atoms with Crippen molar-refractivity contribution in [3.8, 4) is 23.0 Å². The van der Waals surface area contributed by atoms with Gasteiger partial charge in [0.05, 0.1) is 27.0 Å². The van der Waals surface area contributed by atoms with Crippen LogP contribution in [0.15, 0.2) is 46.4 Å². The van der Waals surface area contributed by atoms with Crippen LogP contribution >= 0.6 is 11.3 Å². The number of carbonyl (C=O) groups is 1. The van der Waals surface area contributed by atoms with Crippen molar-refractivity contribution in [3.05, 3.63) is 52.5 Å². The van der Waals surface area contributed by atoms with Gasteiger partial charge in [-0.25, -0.2) is 4.98 Å². The van der Waals surface area contributed by atoms with Crippen LogP contribution in [0.2, 0.25) is 0 Å². The number of aromatic nitrogens is 1. The number of methoxy groups -OCH3 is 2. The number of benzene rings is 1. The SMILES string of the molecule is COc1cc(OC)cc(C(=O)N2CCN(Cc3nc(-c4ccco4)cs3)CC2)c1. The average molecular weight is 413 g/mol. The van der Waals surface area contributed by atoms with Crippen molar-refractivity contribution in [2.45, 2.75) is 6.54 Å². The second-order valence-electron chi connectivity index (χ2n) is 6.77. The molecule has 3 heterocycles. The maximum Gasteiger partial charge on any atom is 0.254 e. The van der Waals surface area contributed by atoms with Gasteiger partial charge < -0.3 is 18.8 Å². The molecule has 1 aliphatic heterocycles. The van der Waals surface area contributed by atoms with Crippen LogP contribution in [0.4, 0.5) is 0 Å². The van der Waals surface area contributed by atoms with Crippen LogP contribution in [0.1, 0.15) is 15.4 Å². The van der Waals surface area contributed by atoms with Gasteiger partial charge in [0.25, 0.3) is 5.91 Å². The molecule has 1 fully saturated rings. The first-order valence-corrected chi connectivity index (χ1v) is 10.3. The molecule has 1 saturated heterocycles. The van der Waals surface area contributed by atoms with Crippen molar-refractivity contribution in [2.75, 3.05) is 40.4 Å². The molecule has 8 heteroatoms. The molecule has 7 nitrogen and oxygen atoms in total. The van der Waals surface area contributed by atoms with Gasteiger partial charge in [0.15, 0.2) is 5.76 Å². The molecule has 0 unspecified atom stereocenters. The fourth-order valence-corrected chi connectivity index (χ4v) is 4.16. The summed E-state index contributed by atoms with van der Waals surface area (Å²) in [5.74, 6) is 2.01. The molecule has 3 aromatic rings. The quantitative estimate of drug-likeness (QED) is 0.617. The van der Waals surface area contributed by atoms with Crippen LogP contribution in [0.25, 0.3) is 11.5 Å². The largest absolute Gasteiger partial charge is 0.497 e. The molecule has 152 valence electrons. The summed E-state index contributed by atoms with van der Waals surface area (Å²) in [5, 5.41) is 3.07. The van der Waals surface area contributed by atoms with Gasteiger partial charge >= 0.3 is 0 Å². The van der Waals surface area contributed by atoms with Gasteiger partial charge in [-0.3, -0.25) is 9.69 Å². The number of carbonyl (C=O) groups excluding carboxylic acids is 1. The summed E-state index contributed by atoms with van der Waals surface area (Å²) >= 11 is 1.63. The number of hydrogen-bond donors (Lipinski definition) is 0. The summed E-state index contributed by atoms with van der Waals surface area (Å²) in [7, 11) is 3.16. The van der Waals surface area contributed by atoms with Crippen LogP contribution in [0.5, 0.6) is 11.5 Å². The highest BCUT2D eigenvalue weighted by Crippen LogP contribution is 2.25. The Bertz CT molecular complexity index is 940. The lowest BCUT2D eigenvalue weighted by molar-refractivity contribution is 0.0627. The van der Waals surface area contributed by atoms with E-state index in [-0.39, 0.29) is 5.91 Å². The standard InChI is InChI=1S/C21H23N3O4S/c1-26-16-10-15(11-17(12-16)27-2)21(25)24-7-5-23(6-8-24)13-20-22-18(14-29-20)19-4-3-9-28-19/h3-4,9-12,14H,5-8,13H2,1-2H3. The second kappa shape index (κ2) is 8.67. The summed E-state index contributed by atoms with van der Waals surface area (Å²) in [6.45, 7) is 3.74. The van der Waals surface area contributed by atoms with Gasteiger partial charge in [0, 0.05) is 43.2 Å². The van der Waals surface area contributed by atoms with Crippen LogP contribution in [-0.4, -0.2) is 61.1 Å². The third kappa shape index (κ3) is 4.44. The highest BCUT2D eigenvalue weighted by molar-refractivity contribution is 7.09. The second-order valence-corrected chi connectivity index (χ2v) is 7.72. The molecule has 29 heavy (non-hydrogen) atoms. The van der Waals surface area contributed by atoms with Gasteiger partial charge in [-0.15, -0.1) is 11.3 Å². The first-order valence-electron chi connectivity index (χ1n) is 9.39. The Morgan fingerprint density at radius 2 is 1.86 bits per heavy atom.